The summed E-state index contributed by atoms with van der Waals surface area (Å²) in [5, 5.41) is 1.02. The van der Waals surface area contributed by atoms with E-state index in [1.54, 1.807) is 12.1 Å². The maximum Gasteiger partial charge on any atom is 0.344 e. The number of fused-ring (bicyclic) bond motifs is 1. The number of methoxy groups -OCH3 is 1. The predicted molar refractivity (Wildman–Crippen MR) is 101 cm³/mol. The zero-order chi connectivity index (χ0) is 18.0. The van der Waals surface area contributed by atoms with Gasteiger partial charge in [0.05, 0.1) is 17.7 Å². The molecule has 0 spiro atoms. The number of thioether (sulfide) groups is 1. The topological polar surface area (TPSA) is 59.2 Å². The van der Waals surface area contributed by atoms with Crippen LogP contribution in [0.1, 0.15) is 27.0 Å². The Labute approximate surface area is 150 Å². The van der Waals surface area contributed by atoms with Crippen LogP contribution in [0.3, 0.4) is 0 Å². The van der Waals surface area contributed by atoms with E-state index in [2.05, 4.69) is 37.0 Å². The molecule has 2 aromatic carbocycles. The number of aryl methyl sites for hydroxylation is 2. The van der Waals surface area contributed by atoms with Crippen LogP contribution in [-0.4, -0.2) is 18.1 Å². The standard InChI is InChI=1S/C20H19NO3S/c1-12-8-9-14(13(2)10-12)11-25-19-17(20(23)24-3)18(22)15-6-4-5-7-16(15)21-19/h4-10H,11H2,1-3H3,(H,21,22). The van der Waals surface area contributed by atoms with Gasteiger partial charge in [0.25, 0.3) is 0 Å². The van der Waals surface area contributed by atoms with Gasteiger partial charge in [-0.2, -0.15) is 0 Å². The lowest BCUT2D eigenvalue weighted by Gasteiger charge is -2.11. The van der Waals surface area contributed by atoms with Gasteiger partial charge in [0, 0.05) is 11.1 Å². The Morgan fingerprint density at radius 3 is 2.64 bits per heavy atom. The van der Waals surface area contributed by atoms with E-state index in [4.69, 9.17) is 4.74 Å². The van der Waals surface area contributed by atoms with Gasteiger partial charge in [-0.1, -0.05) is 35.9 Å². The van der Waals surface area contributed by atoms with E-state index < -0.39 is 5.97 Å². The smallest absolute Gasteiger partial charge is 0.344 e. The average molecular weight is 353 g/mol. The molecule has 25 heavy (non-hydrogen) atoms. The fourth-order valence-corrected chi connectivity index (χ4v) is 3.89. The molecule has 0 saturated heterocycles. The number of pyridine rings is 1. The number of ether oxygens (including phenoxy) is 1. The SMILES string of the molecule is COC(=O)c1c(SCc2ccc(C)cc2C)[nH]c2ccccc2c1=O. The van der Waals surface area contributed by atoms with Crippen LogP contribution in [0.25, 0.3) is 10.9 Å². The van der Waals surface area contributed by atoms with Crippen molar-refractivity contribution in [3.8, 4) is 0 Å². The number of hydrogen-bond donors (Lipinski definition) is 1. The molecule has 4 nitrogen and oxygen atoms in total. The molecule has 0 aliphatic rings. The van der Waals surface area contributed by atoms with Crippen LogP contribution < -0.4 is 5.43 Å². The lowest BCUT2D eigenvalue weighted by molar-refractivity contribution is 0.0594. The summed E-state index contributed by atoms with van der Waals surface area (Å²) in [6, 6.07) is 13.4. The van der Waals surface area contributed by atoms with Gasteiger partial charge in [0.15, 0.2) is 0 Å². The molecule has 0 saturated carbocycles. The van der Waals surface area contributed by atoms with Crippen molar-refractivity contribution < 1.29 is 9.53 Å². The summed E-state index contributed by atoms with van der Waals surface area (Å²) in [7, 11) is 1.29. The molecular weight excluding hydrogens is 334 g/mol. The molecule has 3 aromatic rings. The molecule has 0 atom stereocenters. The third-order valence-electron chi connectivity index (χ3n) is 4.13. The molecule has 0 aliphatic heterocycles. The molecule has 0 amide bonds. The van der Waals surface area contributed by atoms with E-state index in [0.717, 1.165) is 0 Å². The van der Waals surface area contributed by atoms with Crippen molar-refractivity contribution in [1.29, 1.82) is 0 Å². The fraction of sp³-hybridized carbons (Fsp3) is 0.200. The summed E-state index contributed by atoms with van der Waals surface area (Å²) in [4.78, 5) is 28.1. The first-order valence-electron chi connectivity index (χ1n) is 7.93. The second-order valence-electron chi connectivity index (χ2n) is 5.91. The third kappa shape index (κ3) is 3.46. The Morgan fingerprint density at radius 1 is 1.16 bits per heavy atom. The first-order chi connectivity index (χ1) is 12.0. The highest BCUT2D eigenvalue weighted by atomic mass is 32.2. The number of para-hydroxylation sites is 1. The number of hydrogen-bond acceptors (Lipinski definition) is 4. The molecule has 0 bridgehead atoms. The number of esters is 1. The first-order valence-corrected chi connectivity index (χ1v) is 8.92. The molecule has 1 N–H and O–H groups in total. The van der Waals surface area contributed by atoms with Gasteiger partial charge >= 0.3 is 5.97 Å². The summed E-state index contributed by atoms with van der Waals surface area (Å²) in [5.74, 6) is 0.0415. The van der Waals surface area contributed by atoms with Crippen LogP contribution in [0.2, 0.25) is 0 Å². The highest BCUT2D eigenvalue weighted by Crippen LogP contribution is 2.27. The molecular formula is C20H19NO3S. The fourth-order valence-electron chi connectivity index (χ4n) is 2.77. The molecule has 0 fully saturated rings. The van der Waals surface area contributed by atoms with E-state index in [9.17, 15) is 9.59 Å². The van der Waals surface area contributed by atoms with Gasteiger partial charge in [0.1, 0.15) is 5.56 Å². The lowest BCUT2D eigenvalue weighted by atomic mass is 10.1. The largest absolute Gasteiger partial charge is 0.465 e. The van der Waals surface area contributed by atoms with E-state index in [1.165, 1.54) is 35.6 Å². The van der Waals surface area contributed by atoms with Crippen molar-refractivity contribution in [1.82, 2.24) is 4.98 Å². The summed E-state index contributed by atoms with van der Waals surface area (Å²) >= 11 is 1.44. The first kappa shape index (κ1) is 17.3. The number of rotatable bonds is 4. The highest BCUT2D eigenvalue weighted by Gasteiger charge is 2.20. The van der Waals surface area contributed by atoms with Crippen LogP contribution in [0.5, 0.6) is 0 Å². The second-order valence-corrected chi connectivity index (χ2v) is 6.90. The number of nitrogens with one attached hydrogen (secondary N) is 1. The van der Waals surface area contributed by atoms with Gasteiger partial charge < -0.3 is 9.72 Å². The van der Waals surface area contributed by atoms with E-state index in [1.807, 2.05) is 12.1 Å². The minimum Gasteiger partial charge on any atom is -0.465 e. The maximum atomic E-state index is 12.7. The Balaban J connectivity index is 2.05. The van der Waals surface area contributed by atoms with E-state index >= 15 is 0 Å². The summed E-state index contributed by atoms with van der Waals surface area (Å²) in [6.07, 6.45) is 0. The molecule has 5 heteroatoms. The monoisotopic (exact) mass is 353 g/mol. The molecule has 1 heterocycles. The molecule has 0 unspecified atom stereocenters. The number of H-pyrrole nitrogens is 1. The van der Waals surface area contributed by atoms with Crippen LogP contribution >= 0.6 is 11.8 Å². The normalized spacial score (nSPS) is 10.8. The Hall–Kier alpha value is -2.53. The summed E-state index contributed by atoms with van der Waals surface area (Å²) < 4.78 is 4.83. The van der Waals surface area contributed by atoms with Crippen LogP contribution in [-0.2, 0) is 10.5 Å². The van der Waals surface area contributed by atoms with Crippen molar-refractivity contribution in [2.24, 2.45) is 0 Å². The van der Waals surface area contributed by atoms with Crippen molar-refractivity contribution in [3.05, 3.63) is 74.9 Å². The Bertz CT molecular complexity index is 1010. The molecule has 3 rings (SSSR count). The number of aromatic amines is 1. The molecule has 0 aliphatic carbocycles. The van der Waals surface area contributed by atoms with E-state index in [-0.39, 0.29) is 11.0 Å². The Morgan fingerprint density at radius 2 is 1.92 bits per heavy atom. The number of carbonyl (C=O) groups excluding carboxylic acids is 1. The van der Waals surface area contributed by atoms with Gasteiger partial charge in [-0.15, -0.1) is 11.8 Å². The Kier molecular flexibility index (Phi) is 4.95. The van der Waals surface area contributed by atoms with Gasteiger partial charge in [-0.25, -0.2) is 4.79 Å². The van der Waals surface area contributed by atoms with E-state index in [0.29, 0.717) is 21.7 Å². The number of aromatic nitrogens is 1. The van der Waals surface area contributed by atoms with Gasteiger partial charge in [-0.3, -0.25) is 4.79 Å². The lowest BCUT2D eigenvalue weighted by Crippen LogP contribution is -2.19. The third-order valence-corrected chi connectivity index (χ3v) is 5.18. The zero-order valence-electron chi connectivity index (χ0n) is 14.4. The number of benzene rings is 2. The highest BCUT2D eigenvalue weighted by molar-refractivity contribution is 7.98. The minimum absolute atomic E-state index is 0.0657. The van der Waals surface area contributed by atoms with Crippen molar-refractivity contribution in [2.45, 2.75) is 24.6 Å². The quantitative estimate of drug-likeness (QED) is 0.563. The van der Waals surface area contributed by atoms with Gasteiger partial charge in [0.2, 0.25) is 5.43 Å². The minimum atomic E-state index is -0.616. The van der Waals surface area contributed by atoms with Crippen LogP contribution in [0.4, 0.5) is 0 Å². The molecule has 128 valence electrons. The molecule has 0 radical (unpaired) electrons. The van der Waals surface area contributed by atoms with Gasteiger partial charge in [-0.05, 0) is 37.1 Å². The van der Waals surface area contributed by atoms with Crippen LogP contribution in [0, 0.1) is 13.8 Å². The van der Waals surface area contributed by atoms with Crippen molar-refractivity contribution >= 4 is 28.6 Å². The number of carbonyl (C=O) groups is 1. The predicted octanol–water partition coefficient (Wildman–Crippen LogP) is 4.22. The summed E-state index contributed by atoms with van der Waals surface area (Å²) in [6.45, 7) is 4.12. The second kappa shape index (κ2) is 7.15. The average Bonchev–Trinajstić information content (AvgIpc) is 2.60. The van der Waals surface area contributed by atoms with Crippen LogP contribution in [0.15, 0.2) is 52.3 Å². The summed E-state index contributed by atoms with van der Waals surface area (Å²) in [5.41, 5.74) is 4.04. The zero-order valence-corrected chi connectivity index (χ0v) is 15.2. The molecule has 1 aromatic heterocycles. The van der Waals surface area contributed by atoms with Crippen molar-refractivity contribution in [2.75, 3.05) is 7.11 Å². The van der Waals surface area contributed by atoms with Crippen molar-refractivity contribution in [3.63, 3.8) is 0 Å². The maximum absolute atomic E-state index is 12.7.